The quantitative estimate of drug-likeness (QED) is 0.477. The van der Waals surface area contributed by atoms with Crippen LogP contribution in [0.25, 0.3) is 10.8 Å². The zero-order valence-corrected chi connectivity index (χ0v) is 19.2. The summed E-state index contributed by atoms with van der Waals surface area (Å²) in [5.74, 6) is -0.254. The molecule has 0 aromatic heterocycles. The fraction of sp³-hybridized carbons (Fsp3) is 0.280. The standard InChI is InChI=1S/C25H26Cl2N2O2/c1-3-23(25(31)28-2)29(16-17-11-13-21(26)22(27)15-17)24(30)14-12-19-9-6-8-18-7-4-5-10-20(18)19/h4-11,13,15,23H,3,12,14,16H2,1-2H3,(H,28,31). The van der Waals surface area contributed by atoms with Gasteiger partial charge in [-0.2, -0.15) is 0 Å². The molecule has 31 heavy (non-hydrogen) atoms. The third-order valence-corrected chi connectivity index (χ3v) is 6.20. The van der Waals surface area contributed by atoms with Crippen LogP contribution in [0.4, 0.5) is 0 Å². The predicted octanol–water partition coefficient (Wildman–Crippen LogP) is 5.63. The Morgan fingerprint density at radius 3 is 2.45 bits per heavy atom. The first-order valence-electron chi connectivity index (χ1n) is 10.4. The van der Waals surface area contributed by atoms with Gasteiger partial charge in [-0.25, -0.2) is 0 Å². The number of likely N-dealkylation sites (N-methyl/N-ethyl adjacent to an activating group) is 1. The lowest BCUT2D eigenvalue weighted by Gasteiger charge is -2.30. The number of hydrogen-bond donors (Lipinski definition) is 1. The van der Waals surface area contributed by atoms with Gasteiger partial charge in [-0.15, -0.1) is 0 Å². The van der Waals surface area contributed by atoms with Crippen molar-refractivity contribution < 1.29 is 9.59 Å². The largest absolute Gasteiger partial charge is 0.357 e. The van der Waals surface area contributed by atoms with Gasteiger partial charge in [-0.05, 0) is 46.9 Å². The number of halogens is 2. The van der Waals surface area contributed by atoms with E-state index in [0.29, 0.717) is 29.3 Å². The number of rotatable bonds is 8. The zero-order valence-electron chi connectivity index (χ0n) is 17.7. The van der Waals surface area contributed by atoms with Crippen LogP contribution in [-0.2, 0) is 22.6 Å². The number of benzene rings is 3. The first-order chi connectivity index (χ1) is 14.9. The van der Waals surface area contributed by atoms with Gasteiger partial charge in [0.2, 0.25) is 11.8 Å². The first kappa shape index (κ1) is 23.1. The molecule has 0 aliphatic carbocycles. The minimum absolute atomic E-state index is 0.0746. The second-order valence-corrected chi connectivity index (χ2v) is 8.26. The van der Waals surface area contributed by atoms with Crippen LogP contribution in [0.2, 0.25) is 10.0 Å². The van der Waals surface area contributed by atoms with Gasteiger partial charge in [0.15, 0.2) is 0 Å². The number of aryl methyl sites for hydroxylation is 1. The summed E-state index contributed by atoms with van der Waals surface area (Å²) in [6.45, 7) is 2.19. The number of carbonyl (C=O) groups excluding carboxylic acids is 2. The summed E-state index contributed by atoms with van der Waals surface area (Å²) in [5.41, 5.74) is 1.95. The minimum atomic E-state index is -0.556. The van der Waals surface area contributed by atoms with E-state index < -0.39 is 6.04 Å². The van der Waals surface area contributed by atoms with E-state index in [9.17, 15) is 9.59 Å². The summed E-state index contributed by atoms with van der Waals surface area (Å²) in [6, 6.07) is 19.0. The van der Waals surface area contributed by atoms with E-state index in [1.54, 1.807) is 24.1 Å². The highest BCUT2D eigenvalue weighted by Gasteiger charge is 2.28. The number of hydrogen-bond acceptors (Lipinski definition) is 2. The molecule has 3 aromatic carbocycles. The Labute approximate surface area is 193 Å². The van der Waals surface area contributed by atoms with Crippen molar-refractivity contribution in [3.63, 3.8) is 0 Å². The fourth-order valence-electron chi connectivity index (χ4n) is 3.82. The van der Waals surface area contributed by atoms with E-state index in [2.05, 4.69) is 29.6 Å². The van der Waals surface area contributed by atoms with Gasteiger partial charge in [0.05, 0.1) is 10.0 Å². The van der Waals surface area contributed by atoms with Crippen molar-refractivity contribution in [1.82, 2.24) is 10.2 Å². The highest BCUT2D eigenvalue weighted by molar-refractivity contribution is 6.42. The molecule has 0 fully saturated rings. The lowest BCUT2D eigenvalue weighted by molar-refractivity contribution is -0.141. The van der Waals surface area contributed by atoms with Gasteiger partial charge in [-0.3, -0.25) is 9.59 Å². The maximum atomic E-state index is 13.3. The smallest absolute Gasteiger partial charge is 0.242 e. The average Bonchev–Trinajstić information content (AvgIpc) is 2.79. The van der Waals surface area contributed by atoms with Crippen molar-refractivity contribution in [3.8, 4) is 0 Å². The third-order valence-electron chi connectivity index (χ3n) is 5.46. The molecular weight excluding hydrogens is 431 g/mol. The lowest BCUT2D eigenvalue weighted by Crippen LogP contribution is -2.48. The number of nitrogens with one attached hydrogen (secondary N) is 1. The van der Waals surface area contributed by atoms with E-state index in [0.717, 1.165) is 21.9 Å². The minimum Gasteiger partial charge on any atom is -0.357 e. The molecule has 2 amide bonds. The Morgan fingerprint density at radius 1 is 1.00 bits per heavy atom. The van der Waals surface area contributed by atoms with E-state index in [4.69, 9.17) is 23.2 Å². The molecule has 3 rings (SSSR count). The Hall–Kier alpha value is -2.56. The van der Waals surface area contributed by atoms with Gasteiger partial charge in [0.1, 0.15) is 6.04 Å². The highest BCUT2D eigenvalue weighted by atomic mass is 35.5. The maximum Gasteiger partial charge on any atom is 0.242 e. The van der Waals surface area contributed by atoms with Gasteiger partial charge in [0, 0.05) is 20.0 Å². The molecule has 0 saturated heterocycles. The zero-order chi connectivity index (χ0) is 22.4. The third kappa shape index (κ3) is 5.57. The molecule has 1 N–H and O–H groups in total. The molecule has 0 aliphatic heterocycles. The Balaban J connectivity index is 1.84. The van der Waals surface area contributed by atoms with Crippen LogP contribution >= 0.6 is 23.2 Å². The monoisotopic (exact) mass is 456 g/mol. The van der Waals surface area contributed by atoms with E-state index in [1.165, 1.54) is 0 Å². The SMILES string of the molecule is CCC(C(=O)NC)N(Cc1ccc(Cl)c(Cl)c1)C(=O)CCc1cccc2ccccc12. The summed E-state index contributed by atoms with van der Waals surface area (Å²) in [7, 11) is 1.59. The van der Waals surface area contributed by atoms with Gasteiger partial charge < -0.3 is 10.2 Å². The van der Waals surface area contributed by atoms with Crippen LogP contribution in [0.1, 0.15) is 30.9 Å². The second kappa shape index (κ2) is 10.7. The molecule has 6 heteroatoms. The predicted molar refractivity (Wildman–Crippen MR) is 127 cm³/mol. The van der Waals surface area contributed by atoms with Crippen molar-refractivity contribution in [2.45, 2.75) is 38.8 Å². The van der Waals surface area contributed by atoms with Crippen LogP contribution < -0.4 is 5.32 Å². The Kier molecular flexibility index (Phi) is 7.94. The van der Waals surface area contributed by atoms with Gasteiger partial charge >= 0.3 is 0 Å². The summed E-state index contributed by atoms with van der Waals surface area (Å²) >= 11 is 12.2. The van der Waals surface area contributed by atoms with Crippen LogP contribution in [0.3, 0.4) is 0 Å². The Bertz CT molecular complexity index is 1080. The molecule has 0 saturated carbocycles. The van der Waals surface area contributed by atoms with Crippen LogP contribution in [0, 0.1) is 0 Å². The van der Waals surface area contributed by atoms with Crippen LogP contribution in [0.5, 0.6) is 0 Å². The molecule has 3 aromatic rings. The average molecular weight is 457 g/mol. The summed E-state index contributed by atoms with van der Waals surface area (Å²) in [4.78, 5) is 27.5. The molecular formula is C25H26Cl2N2O2. The highest BCUT2D eigenvalue weighted by Crippen LogP contribution is 2.25. The number of nitrogens with zero attached hydrogens (tertiary/aromatic N) is 1. The van der Waals surface area contributed by atoms with Gasteiger partial charge in [0.25, 0.3) is 0 Å². The Morgan fingerprint density at radius 2 is 1.74 bits per heavy atom. The summed E-state index contributed by atoms with van der Waals surface area (Å²) in [5, 5.41) is 5.85. The number of carbonyl (C=O) groups is 2. The number of fused-ring (bicyclic) bond motifs is 1. The van der Waals surface area contributed by atoms with Crippen LogP contribution in [0.15, 0.2) is 60.7 Å². The number of amides is 2. The lowest BCUT2D eigenvalue weighted by atomic mass is 10.00. The molecule has 0 bridgehead atoms. The van der Waals surface area contributed by atoms with Crippen molar-refractivity contribution in [3.05, 3.63) is 81.8 Å². The summed E-state index contributed by atoms with van der Waals surface area (Å²) in [6.07, 6.45) is 1.42. The summed E-state index contributed by atoms with van der Waals surface area (Å²) < 4.78 is 0. The molecule has 0 heterocycles. The first-order valence-corrected chi connectivity index (χ1v) is 11.1. The van der Waals surface area contributed by atoms with Crippen molar-refractivity contribution in [2.24, 2.45) is 0 Å². The fourth-order valence-corrected chi connectivity index (χ4v) is 4.14. The molecule has 0 radical (unpaired) electrons. The van der Waals surface area contributed by atoms with E-state index in [1.807, 2.05) is 31.2 Å². The van der Waals surface area contributed by atoms with E-state index in [-0.39, 0.29) is 18.4 Å². The molecule has 162 valence electrons. The van der Waals surface area contributed by atoms with Crippen molar-refractivity contribution in [1.29, 1.82) is 0 Å². The molecule has 4 nitrogen and oxygen atoms in total. The molecule has 1 unspecified atom stereocenters. The maximum absolute atomic E-state index is 13.3. The normalized spacial score (nSPS) is 11.9. The van der Waals surface area contributed by atoms with Crippen molar-refractivity contribution >= 4 is 45.8 Å². The van der Waals surface area contributed by atoms with E-state index >= 15 is 0 Å². The molecule has 1 atom stereocenters. The molecule has 0 aliphatic rings. The topological polar surface area (TPSA) is 49.4 Å². The van der Waals surface area contributed by atoms with Crippen molar-refractivity contribution in [2.75, 3.05) is 7.05 Å². The molecule has 0 spiro atoms. The second-order valence-electron chi connectivity index (χ2n) is 7.45. The van der Waals surface area contributed by atoms with Crippen LogP contribution in [-0.4, -0.2) is 29.8 Å². The van der Waals surface area contributed by atoms with Gasteiger partial charge in [-0.1, -0.05) is 78.7 Å².